The summed E-state index contributed by atoms with van der Waals surface area (Å²) in [5.41, 5.74) is 4.84. The maximum absolute atomic E-state index is 13.1. The Hall–Kier alpha value is -2.24. The van der Waals surface area contributed by atoms with E-state index in [2.05, 4.69) is 0 Å². The summed E-state index contributed by atoms with van der Waals surface area (Å²) in [7, 11) is 0. The summed E-state index contributed by atoms with van der Waals surface area (Å²) in [5.74, 6) is -3.23. The highest BCUT2D eigenvalue weighted by Crippen LogP contribution is 2.12. The van der Waals surface area contributed by atoms with Crippen molar-refractivity contribution in [2.24, 2.45) is 5.73 Å². The number of carbonyl (C=O) groups excluding carboxylic acids is 1. The van der Waals surface area contributed by atoms with Crippen molar-refractivity contribution in [3.63, 3.8) is 0 Å². The largest absolute Gasteiger partial charge is 0.370 e. The lowest BCUT2D eigenvalue weighted by molar-refractivity contribution is -0.115. The van der Waals surface area contributed by atoms with Crippen LogP contribution in [0.2, 0.25) is 0 Å². The molecule has 1 amide bonds. The quantitative estimate of drug-likeness (QED) is 0.398. The smallest absolute Gasteiger partial charge is 0.250 e. The maximum Gasteiger partial charge on any atom is 0.250 e. The fourth-order valence-corrected chi connectivity index (χ4v) is 0.989. The van der Waals surface area contributed by atoms with Gasteiger partial charge in [0.2, 0.25) is 0 Å². The van der Waals surface area contributed by atoms with E-state index in [1.54, 1.807) is 0 Å². The van der Waals surface area contributed by atoms with E-state index in [4.69, 9.17) is 11.1 Å². The van der Waals surface area contributed by atoms with Crippen LogP contribution in [-0.4, -0.2) is 11.9 Å². The lowest BCUT2D eigenvalue weighted by Crippen LogP contribution is -2.34. The Kier molecular flexibility index (Phi) is 3.71. The van der Waals surface area contributed by atoms with E-state index in [1.807, 2.05) is 5.32 Å². The highest BCUT2D eigenvalue weighted by molar-refractivity contribution is 6.02. The summed E-state index contributed by atoms with van der Waals surface area (Å²) in [6, 6.07) is 3.61. The minimum Gasteiger partial charge on any atom is -0.370 e. The molecule has 1 aromatic carbocycles. The Morgan fingerprint density at radius 2 is 2.12 bits per heavy atom. The standard InChI is InChI=1S/C10H9F2N3O/c11-7-3-1-2-6(9(7)12)4-5-8(16)15-10(13)14/h1-5H,(H4,13,14,15,16). The third kappa shape index (κ3) is 3.16. The van der Waals surface area contributed by atoms with Crippen LogP contribution in [0.4, 0.5) is 8.78 Å². The molecule has 0 heterocycles. The van der Waals surface area contributed by atoms with Gasteiger partial charge in [0.25, 0.3) is 5.91 Å². The molecule has 1 rings (SSSR count). The predicted molar refractivity (Wildman–Crippen MR) is 55.4 cm³/mol. The molecule has 16 heavy (non-hydrogen) atoms. The van der Waals surface area contributed by atoms with Gasteiger partial charge in [-0.3, -0.25) is 15.5 Å². The zero-order valence-corrected chi connectivity index (χ0v) is 8.13. The summed E-state index contributed by atoms with van der Waals surface area (Å²) in [4.78, 5) is 11.0. The number of amides is 1. The van der Waals surface area contributed by atoms with Gasteiger partial charge in [-0.15, -0.1) is 0 Å². The molecule has 0 saturated heterocycles. The molecule has 0 aromatic heterocycles. The molecule has 0 saturated carbocycles. The SMILES string of the molecule is N=C(N)NC(=O)C=Cc1cccc(F)c1F. The van der Waals surface area contributed by atoms with Crippen LogP contribution in [0.3, 0.4) is 0 Å². The molecule has 1 aromatic rings. The van der Waals surface area contributed by atoms with Crippen molar-refractivity contribution in [1.82, 2.24) is 5.32 Å². The number of benzene rings is 1. The second kappa shape index (κ2) is 5.01. The van der Waals surface area contributed by atoms with Crippen LogP contribution < -0.4 is 11.1 Å². The van der Waals surface area contributed by atoms with Crippen molar-refractivity contribution in [3.05, 3.63) is 41.5 Å². The highest BCUT2D eigenvalue weighted by Gasteiger charge is 2.04. The summed E-state index contributed by atoms with van der Waals surface area (Å²) < 4.78 is 25.8. The van der Waals surface area contributed by atoms with Gasteiger partial charge in [-0.2, -0.15) is 0 Å². The third-order valence-electron chi connectivity index (χ3n) is 1.65. The van der Waals surface area contributed by atoms with E-state index < -0.39 is 23.5 Å². The van der Waals surface area contributed by atoms with Gasteiger partial charge in [-0.25, -0.2) is 8.78 Å². The minimum absolute atomic E-state index is 0.0568. The Balaban J connectivity index is 2.80. The second-order valence-electron chi connectivity index (χ2n) is 2.88. The molecule has 0 atom stereocenters. The van der Waals surface area contributed by atoms with Gasteiger partial charge in [0.15, 0.2) is 17.6 Å². The molecule has 4 N–H and O–H groups in total. The fourth-order valence-electron chi connectivity index (χ4n) is 0.989. The first-order valence-electron chi connectivity index (χ1n) is 4.28. The molecule has 84 valence electrons. The Labute approximate surface area is 90.3 Å². The molecule has 6 heteroatoms. The van der Waals surface area contributed by atoms with Crippen molar-refractivity contribution < 1.29 is 13.6 Å². The maximum atomic E-state index is 13.1. The Morgan fingerprint density at radius 3 is 2.75 bits per heavy atom. The molecule has 0 aliphatic rings. The van der Waals surface area contributed by atoms with Gasteiger partial charge in [0, 0.05) is 11.6 Å². The van der Waals surface area contributed by atoms with Crippen LogP contribution in [0, 0.1) is 17.0 Å². The average Bonchev–Trinajstić information content (AvgIpc) is 2.19. The second-order valence-corrected chi connectivity index (χ2v) is 2.88. The molecule has 4 nitrogen and oxygen atoms in total. The summed E-state index contributed by atoms with van der Waals surface area (Å²) in [6.07, 6.45) is 2.05. The van der Waals surface area contributed by atoms with Crippen molar-refractivity contribution in [1.29, 1.82) is 5.41 Å². The molecule has 0 aliphatic heterocycles. The number of hydrogen-bond acceptors (Lipinski definition) is 2. The van der Waals surface area contributed by atoms with E-state index in [1.165, 1.54) is 12.1 Å². The van der Waals surface area contributed by atoms with E-state index in [-0.39, 0.29) is 5.56 Å². The van der Waals surface area contributed by atoms with Gasteiger partial charge < -0.3 is 5.73 Å². The predicted octanol–water partition coefficient (Wildman–Crippen LogP) is 0.988. The molecule has 0 spiro atoms. The zero-order chi connectivity index (χ0) is 12.1. The van der Waals surface area contributed by atoms with E-state index in [0.717, 1.165) is 18.2 Å². The first-order valence-corrected chi connectivity index (χ1v) is 4.28. The number of guanidine groups is 1. The molecule has 0 radical (unpaired) electrons. The number of halogens is 2. The first kappa shape index (κ1) is 11.8. The van der Waals surface area contributed by atoms with Crippen LogP contribution in [0.1, 0.15) is 5.56 Å². The summed E-state index contributed by atoms with van der Waals surface area (Å²) in [5, 5.41) is 8.73. The van der Waals surface area contributed by atoms with Crippen LogP contribution in [0.5, 0.6) is 0 Å². The number of nitrogens with one attached hydrogen (secondary N) is 2. The molecular formula is C10H9F2N3O. The normalized spacial score (nSPS) is 10.4. The lowest BCUT2D eigenvalue weighted by atomic mass is 10.2. The zero-order valence-electron chi connectivity index (χ0n) is 8.13. The Morgan fingerprint density at radius 1 is 1.44 bits per heavy atom. The monoisotopic (exact) mass is 225 g/mol. The number of carbonyl (C=O) groups is 1. The van der Waals surface area contributed by atoms with Crippen LogP contribution in [-0.2, 0) is 4.79 Å². The highest BCUT2D eigenvalue weighted by atomic mass is 19.2. The van der Waals surface area contributed by atoms with Crippen molar-refractivity contribution in [2.45, 2.75) is 0 Å². The van der Waals surface area contributed by atoms with Gasteiger partial charge in [-0.05, 0) is 12.1 Å². The topological polar surface area (TPSA) is 79.0 Å². The number of rotatable bonds is 2. The van der Waals surface area contributed by atoms with Gasteiger partial charge in [0.05, 0.1) is 0 Å². The fraction of sp³-hybridized carbons (Fsp3) is 0. The van der Waals surface area contributed by atoms with Crippen LogP contribution in [0.15, 0.2) is 24.3 Å². The van der Waals surface area contributed by atoms with Crippen molar-refractivity contribution >= 4 is 17.9 Å². The minimum atomic E-state index is -1.03. The van der Waals surface area contributed by atoms with Crippen LogP contribution >= 0.6 is 0 Å². The van der Waals surface area contributed by atoms with E-state index in [9.17, 15) is 13.6 Å². The first-order chi connectivity index (χ1) is 7.50. The summed E-state index contributed by atoms with van der Waals surface area (Å²) >= 11 is 0. The third-order valence-corrected chi connectivity index (χ3v) is 1.65. The Bertz CT molecular complexity index is 457. The summed E-state index contributed by atoms with van der Waals surface area (Å²) in [6.45, 7) is 0. The van der Waals surface area contributed by atoms with Crippen molar-refractivity contribution in [3.8, 4) is 0 Å². The molecular weight excluding hydrogens is 216 g/mol. The molecule has 0 unspecified atom stereocenters. The van der Waals surface area contributed by atoms with Gasteiger partial charge >= 0.3 is 0 Å². The number of hydrogen-bond donors (Lipinski definition) is 3. The van der Waals surface area contributed by atoms with Crippen LogP contribution in [0.25, 0.3) is 6.08 Å². The van der Waals surface area contributed by atoms with E-state index in [0.29, 0.717) is 0 Å². The average molecular weight is 225 g/mol. The lowest BCUT2D eigenvalue weighted by Gasteiger charge is -1.98. The number of nitrogens with two attached hydrogens (primary N) is 1. The molecule has 0 bridgehead atoms. The van der Waals surface area contributed by atoms with Gasteiger partial charge in [0.1, 0.15) is 0 Å². The molecule has 0 aliphatic carbocycles. The van der Waals surface area contributed by atoms with Gasteiger partial charge in [-0.1, -0.05) is 12.1 Å². The molecule has 0 fully saturated rings. The van der Waals surface area contributed by atoms with Crippen molar-refractivity contribution in [2.75, 3.05) is 0 Å². The van der Waals surface area contributed by atoms with E-state index >= 15 is 0 Å².